The number of hydrogen-bond donors (Lipinski definition) is 1. The van der Waals surface area contributed by atoms with Crippen molar-refractivity contribution >= 4 is 5.91 Å². The number of aromatic nitrogens is 2. The first-order valence-electron chi connectivity index (χ1n) is 8.28. The Hall–Kier alpha value is -1.46. The van der Waals surface area contributed by atoms with Gasteiger partial charge in [0.1, 0.15) is 12.2 Å². The van der Waals surface area contributed by atoms with Crippen LogP contribution in [0.25, 0.3) is 0 Å². The van der Waals surface area contributed by atoms with Crippen LogP contribution in [0.2, 0.25) is 0 Å². The summed E-state index contributed by atoms with van der Waals surface area (Å²) in [7, 11) is 0. The molecule has 3 rings (SSSR count). The third-order valence-corrected chi connectivity index (χ3v) is 4.56. The first-order valence-corrected chi connectivity index (χ1v) is 8.28. The van der Waals surface area contributed by atoms with Crippen molar-refractivity contribution < 1.29 is 13.6 Å². The summed E-state index contributed by atoms with van der Waals surface area (Å²) < 4.78 is 27.1. The Morgan fingerprint density at radius 2 is 1.91 bits per heavy atom. The van der Waals surface area contributed by atoms with Gasteiger partial charge < -0.3 is 5.32 Å². The fraction of sp³-hybridized carbons (Fsp3) is 0.750. The predicted octanol–water partition coefficient (Wildman–Crippen LogP) is 3.54. The highest BCUT2D eigenvalue weighted by atomic mass is 19.3. The third kappa shape index (κ3) is 3.84. The predicted molar refractivity (Wildman–Crippen MR) is 78.8 cm³/mol. The number of carbonyl (C=O) groups excluding carboxylic acids is 1. The fourth-order valence-electron chi connectivity index (χ4n) is 3.23. The van der Waals surface area contributed by atoms with Crippen LogP contribution in [0.5, 0.6) is 0 Å². The number of hydrogen-bond acceptors (Lipinski definition) is 2. The van der Waals surface area contributed by atoms with Gasteiger partial charge in [0.25, 0.3) is 6.43 Å². The number of carbonyl (C=O) groups is 1. The van der Waals surface area contributed by atoms with Gasteiger partial charge in [-0.05, 0) is 31.7 Å². The maximum Gasteiger partial charge on any atom is 0.282 e. The van der Waals surface area contributed by atoms with E-state index in [1.807, 2.05) is 0 Å². The van der Waals surface area contributed by atoms with Crippen molar-refractivity contribution in [1.29, 1.82) is 0 Å². The lowest BCUT2D eigenvalue weighted by molar-refractivity contribution is -0.122. The summed E-state index contributed by atoms with van der Waals surface area (Å²) >= 11 is 0. The Morgan fingerprint density at radius 1 is 1.23 bits per heavy atom. The fourth-order valence-corrected chi connectivity index (χ4v) is 3.23. The molecule has 1 aromatic rings. The van der Waals surface area contributed by atoms with Crippen molar-refractivity contribution in [2.45, 2.75) is 76.3 Å². The van der Waals surface area contributed by atoms with E-state index in [4.69, 9.17) is 0 Å². The zero-order chi connectivity index (χ0) is 15.5. The molecule has 0 aromatic carbocycles. The quantitative estimate of drug-likeness (QED) is 0.846. The van der Waals surface area contributed by atoms with Gasteiger partial charge in [0.05, 0.1) is 0 Å². The van der Waals surface area contributed by atoms with Gasteiger partial charge in [-0.15, -0.1) is 0 Å². The molecule has 0 atom stereocenters. The monoisotopic (exact) mass is 311 g/mol. The van der Waals surface area contributed by atoms with E-state index in [1.54, 1.807) is 0 Å². The number of amides is 1. The first kappa shape index (κ1) is 15.4. The van der Waals surface area contributed by atoms with Gasteiger partial charge in [0.15, 0.2) is 0 Å². The van der Waals surface area contributed by atoms with E-state index in [1.165, 1.54) is 23.6 Å². The van der Waals surface area contributed by atoms with Crippen LogP contribution in [0, 0.1) is 0 Å². The molecule has 2 saturated carbocycles. The molecule has 0 radical (unpaired) electrons. The molecule has 4 nitrogen and oxygen atoms in total. The minimum atomic E-state index is -2.58. The van der Waals surface area contributed by atoms with E-state index in [0.717, 1.165) is 44.2 Å². The average Bonchev–Trinajstić information content (AvgIpc) is 3.26. The Labute approximate surface area is 129 Å². The third-order valence-electron chi connectivity index (χ3n) is 4.56. The summed E-state index contributed by atoms with van der Waals surface area (Å²) in [5.41, 5.74) is 0.565. The van der Waals surface area contributed by atoms with Gasteiger partial charge in [-0.1, -0.05) is 25.7 Å². The lowest BCUT2D eigenvalue weighted by Gasteiger charge is -2.16. The van der Waals surface area contributed by atoms with E-state index in [9.17, 15) is 13.6 Å². The molecule has 122 valence electrons. The zero-order valence-electron chi connectivity index (χ0n) is 12.7. The number of alkyl halides is 2. The summed E-state index contributed by atoms with van der Waals surface area (Å²) in [6.45, 7) is 0.0506. The lowest BCUT2D eigenvalue weighted by Crippen LogP contribution is -2.37. The second-order valence-electron chi connectivity index (χ2n) is 6.48. The number of rotatable bonds is 5. The maximum atomic E-state index is 12.8. The largest absolute Gasteiger partial charge is 0.352 e. The number of halogens is 2. The van der Waals surface area contributed by atoms with Gasteiger partial charge in [-0.25, -0.2) is 8.78 Å². The minimum Gasteiger partial charge on any atom is -0.352 e. The van der Waals surface area contributed by atoms with Crippen LogP contribution >= 0.6 is 0 Å². The lowest BCUT2D eigenvalue weighted by atomic mass is 10.1. The van der Waals surface area contributed by atoms with Gasteiger partial charge in [0, 0.05) is 17.7 Å². The molecule has 22 heavy (non-hydrogen) atoms. The minimum absolute atomic E-state index is 0.0506. The SMILES string of the molecule is O=C(Cn1nc(C(F)F)cc1C1CC1)NC1CCCCCC1. The van der Waals surface area contributed by atoms with Crippen molar-refractivity contribution in [3.8, 4) is 0 Å². The molecule has 0 bridgehead atoms. The highest BCUT2D eigenvalue weighted by molar-refractivity contribution is 5.76. The van der Waals surface area contributed by atoms with E-state index < -0.39 is 6.43 Å². The molecule has 0 aliphatic heterocycles. The molecule has 2 aliphatic rings. The van der Waals surface area contributed by atoms with E-state index in [2.05, 4.69) is 10.4 Å². The van der Waals surface area contributed by atoms with Crippen LogP contribution in [0.3, 0.4) is 0 Å². The summed E-state index contributed by atoms with van der Waals surface area (Å²) in [4.78, 5) is 12.2. The maximum absolute atomic E-state index is 12.8. The van der Waals surface area contributed by atoms with Gasteiger partial charge in [-0.3, -0.25) is 9.48 Å². The molecule has 1 aromatic heterocycles. The van der Waals surface area contributed by atoms with Crippen molar-refractivity contribution in [2.75, 3.05) is 0 Å². The molecule has 6 heteroatoms. The molecular weight excluding hydrogens is 288 g/mol. The van der Waals surface area contributed by atoms with E-state index >= 15 is 0 Å². The molecule has 0 saturated heterocycles. The van der Waals surface area contributed by atoms with Crippen LogP contribution in [-0.4, -0.2) is 21.7 Å². The van der Waals surface area contributed by atoms with Crippen LogP contribution in [0.1, 0.15) is 75.1 Å². The molecule has 1 N–H and O–H groups in total. The summed E-state index contributed by atoms with van der Waals surface area (Å²) in [5, 5.41) is 6.97. The summed E-state index contributed by atoms with van der Waals surface area (Å²) in [5.74, 6) is 0.184. The average molecular weight is 311 g/mol. The van der Waals surface area contributed by atoms with Crippen molar-refractivity contribution in [2.24, 2.45) is 0 Å². The Bertz CT molecular complexity index is 517. The highest BCUT2D eigenvalue weighted by Crippen LogP contribution is 2.41. The van der Waals surface area contributed by atoms with E-state index in [0.29, 0.717) is 5.92 Å². The Morgan fingerprint density at radius 3 is 2.50 bits per heavy atom. The van der Waals surface area contributed by atoms with Crippen LogP contribution in [0.15, 0.2) is 6.07 Å². The topological polar surface area (TPSA) is 46.9 Å². The van der Waals surface area contributed by atoms with Crippen LogP contribution in [-0.2, 0) is 11.3 Å². The number of nitrogens with zero attached hydrogens (tertiary/aromatic N) is 2. The van der Waals surface area contributed by atoms with Gasteiger partial charge in [-0.2, -0.15) is 5.10 Å². The first-order chi connectivity index (χ1) is 10.6. The standard InChI is InChI=1S/C16H23F2N3O/c17-16(18)13-9-14(11-7-8-11)21(20-13)10-15(22)19-12-5-3-1-2-4-6-12/h9,11-12,16H,1-8,10H2,(H,19,22). The Balaban J connectivity index is 1.62. The van der Waals surface area contributed by atoms with Crippen LogP contribution in [0.4, 0.5) is 8.78 Å². The highest BCUT2D eigenvalue weighted by Gasteiger charge is 2.30. The Kier molecular flexibility index (Phi) is 4.74. The van der Waals surface area contributed by atoms with Crippen molar-refractivity contribution in [3.05, 3.63) is 17.5 Å². The molecule has 0 unspecified atom stereocenters. The molecule has 1 heterocycles. The van der Waals surface area contributed by atoms with E-state index in [-0.39, 0.29) is 24.2 Å². The second-order valence-corrected chi connectivity index (χ2v) is 6.48. The molecule has 1 amide bonds. The van der Waals surface area contributed by atoms with Crippen molar-refractivity contribution in [1.82, 2.24) is 15.1 Å². The number of nitrogens with one attached hydrogen (secondary N) is 1. The second kappa shape index (κ2) is 6.75. The van der Waals surface area contributed by atoms with Gasteiger partial charge in [0.2, 0.25) is 5.91 Å². The molecule has 2 aliphatic carbocycles. The normalized spacial score (nSPS) is 20.1. The zero-order valence-corrected chi connectivity index (χ0v) is 12.7. The summed E-state index contributed by atoms with van der Waals surface area (Å²) in [6, 6.07) is 1.69. The van der Waals surface area contributed by atoms with Crippen LogP contribution < -0.4 is 5.32 Å². The molecule has 0 spiro atoms. The smallest absolute Gasteiger partial charge is 0.282 e. The summed E-state index contributed by atoms with van der Waals surface area (Å²) in [6.07, 6.45) is 6.21. The van der Waals surface area contributed by atoms with Gasteiger partial charge >= 0.3 is 0 Å². The van der Waals surface area contributed by atoms with Crippen molar-refractivity contribution in [3.63, 3.8) is 0 Å². The molecular formula is C16H23F2N3O. The molecule has 2 fully saturated rings.